The van der Waals surface area contributed by atoms with Crippen LogP contribution in [0, 0.1) is 5.41 Å². The molecule has 0 bridgehead atoms. The molecule has 0 aromatic carbocycles. The molecule has 0 saturated carbocycles. The van der Waals surface area contributed by atoms with Crippen LogP contribution in [0.1, 0.15) is 39.5 Å². The molecule has 5 nitrogen and oxygen atoms in total. The van der Waals surface area contributed by atoms with E-state index < -0.39 is 0 Å². The van der Waals surface area contributed by atoms with Crippen molar-refractivity contribution < 1.29 is 9.59 Å². The van der Waals surface area contributed by atoms with E-state index in [1.807, 2.05) is 6.92 Å². The van der Waals surface area contributed by atoms with Crippen LogP contribution in [0.25, 0.3) is 0 Å². The molecule has 2 heterocycles. The highest BCUT2D eigenvalue weighted by atomic mass is 16.2. The van der Waals surface area contributed by atoms with Gasteiger partial charge in [0.2, 0.25) is 11.8 Å². The van der Waals surface area contributed by atoms with Gasteiger partial charge in [0.05, 0.1) is 5.41 Å². The van der Waals surface area contributed by atoms with Crippen molar-refractivity contribution in [1.82, 2.24) is 15.5 Å². The molecule has 0 spiro atoms. The first-order valence-corrected chi connectivity index (χ1v) is 7.40. The highest BCUT2D eigenvalue weighted by Crippen LogP contribution is 2.34. The molecule has 2 aliphatic rings. The van der Waals surface area contributed by atoms with Gasteiger partial charge in [-0.2, -0.15) is 0 Å². The third-order valence-corrected chi connectivity index (χ3v) is 4.41. The number of carbonyl (C=O) groups excluding carboxylic acids is 2. The fourth-order valence-electron chi connectivity index (χ4n) is 3.31. The van der Waals surface area contributed by atoms with Crippen molar-refractivity contribution >= 4 is 11.8 Å². The second kappa shape index (κ2) is 5.90. The number of rotatable bonds is 3. The Morgan fingerprint density at radius 3 is 2.89 bits per heavy atom. The van der Waals surface area contributed by atoms with Crippen LogP contribution in [-0.4, -0.2) is 48.9 Å². The number of carbonyl (C=O) groups is 2. The van der Waals surface area contributed by atoms with Gasteiger partial charge >= 0.3 is 0 Å². The van der Waals surface area contributed by atoms with Gasteiger partial charge in [-0.1, -0.05) is 13.3 Å². The summed E-state index contributed by atoms with van der Waals surface area (Å²) in [7, 11) is 0. The molecule has 0 aromatic rings. The van der Waals surface area contributed by atoms with Gasteiger partial charge in [0, 0.05) is 19.6 Å². The van der Waals surface area contributed by atoms with Crippen molar-refractivity contribution in [3.05, 3.63) is 0 Å². The van der Waals surface area contributed by atoms with E-state index in [-0.39, 0.29) is 23.3 Å². The minimum absolute atomic E-state index is 0.0324. The van der Waals surface area contributed by atoms with Crippen molar-refractivity contribution in [2.75, 3.05) is 26.2 Å². The molecule has 19 heavy (non-hydrogen) atoms. The maximum absolute atomic E-state index is 12.9. The van der Waals surface area contributed by atoms with Crippen molar-refractivity contribution in [2.45, 2.75) is 45.6 Å². The SMILES string of the molecule is CCCC1(C(=O)N2CCNC(=O)C2C)CCCNC1. The second-order valence-electron chi connectivity index (χ2n) is 5.78. The zero-order valence-corrected chi connectivity index (χ0v) is 12.0. The average Bonchev–Trinajstić information content (AvgIpc) is 2.42. The smallest absolute Gasteiger partial charge is 0.242 e. The first-order valence-electron chi connectivity index (χ1n) is 7.40. The summed E-state index contributed by atoms with van der Waals surface area (Å²) < 4.78 is 0. The predicted octanol–water partition coefficient (Wildman–Crippen LogP) is 0.503. The summed E-state index contributed by atoms with van der Waals surface area (Å²) in [5, 5.41) is 6.17. The fraction of sp³-hybridized carbons (Fsp3) is 0.857. The molecule has 2 rings (SSSR count). The maximum atomic E-state index is 12.9. The molecule has 2 unspecified atom stereocenters. The largest absolute Gasteiger partial charge is 0.353 e. The molecular formula is C14H25N3O2. The summed E-state index contributed by atoms with van der Waals surface area (Å²) in [6, 6.07) is -0.336. The number of piperazine rings is 1. The summed E-state index contributed by atoms with van der Waals surface area (Å²) in [6.45, 7) is 6.90. The van der Waals surface area contributed by atoms with Gasteiger partial charge in [0.1, 0.15) is 6.04 Å². The van der Waals surface area contributed by atoms with Crippen molar-refractivity contribution in [3.8, 4) is 0 Å². The van der Waals surface area contributed by atoms with E-state index in [0.717, 1.165) is 38.8 Å². The van der Waals surface area contributed by atoms with Gasteiger partial charge in [0.15, 0.2) is 0 Å². The first-order chi connectivity index (χ1) is 9.10. The molecule has 2 saturated heterocycles. The Morgan fingerprint density at radius 2 is 2.26 bits per heavy atom. The van der Waals surface area contributed by atoms with Gasteiger partial charge < -0.3 is 15.5 Å². The topological polar surface area (TPSA) is 61.4 Å². The van der Waals surface area contributed by atoms with Gasteiger partial charge in [-0.05, 0) is 32.7 Å². The van der Waals surface area contributed by atoms with Crippen LogP contribution >= 0.6 is 0 Å². The van der Waals surface area contributed by atoms with Crippen LogP contribution in [0.2, 0.25) is 0 Å². The maximum Gasteiger partial charge on any atom is 0.242 e. The molecule has 2 atom stereocenters. The highest BCUT2D eigenvalue weighted by molar-refractivity contribution is 5.91. The zero-order valence-electron chi connectivity index (χ0n) is 12.0. The zero-order chi connectivity index (χ0) is 13.9. The van der Waals surface area contributed by atoms with E-state index in [9.17, 15) is 9.59 Å². The number of amides is 2. The van der Waals surface area contributed by atoms with E-state index in [2.05, 4.69) is 17.6 Å². The number of piperidine rings is 1. The highest BCUT2D eigenvalue weighted by Gasteiger charge is 2.44. The van der Waals surface area contributed by atoms with Crippen molar-refractivity contribution in [2.24, 2.45) is 5.41 Å². The van der Waals surface area contributed by atoms with Gasteiger partial charge in [-0.3, -0.25) is 9.59 Å². The fourth-order valence-corrected chi connectivity index (χ4v) is 3.31. The number of nitrogens with zero attached hydrogens (tertiary/aromatic N) is 1. The molecule has 0 aromatic heterocycles. The molecule has 2 fully saturated rings. The van der Waals surface area contributed by atoms with Crippen LogP contribution < -0.4 is 10.6 Å². The van der Waals surface area contributed by atoms with Crippen molar-refractivity contribution in [1.29, 1.82) is 0 Å². The van der Waals surface area contributed by atoms with E-state index in [4.69, 9.17) is 0 Å². The van der Waals surface area contributed by atoms with E-state index >= 15 is 0 Å². The summed E-state index contributed by atoms with van der Waals surface area (Å²) in [6.07, 6.45) is 3.89. The minimum Gasteiger partial charge on any atom is -0.353 e. The summed E-state index contributed by atoms with van der Waals surface area (Å²) in [5.74, 6) is 0.138. The monoisotopic (exact) mass is 267 g/mol. The Bertz CT molecular complexity index is 345. The molecule has 2 N–H and O–H groups in total. The van der Waals surface area contributed by atoms with E-state index in [1.54, 1.807) is 4.90 Å². The van der Waals surface area contributed by atoms with Gasteiger partial charge in [-0.15, -0.1) is 0 Å². The average molecular weight is 267 g/mol. The second-order valence-corrected chi connectivity index (χ2v) is 5.78. The standard InChI is InChI=1S/C14H25N3O2/c1-3-5-14(6-4-7-15-10-14)13(19)17-9-8-16-12(18)11(17)2/h11,15H,3-10H2,1-2H3,(H,16,18). The summed E-state index contributed by atoms with van der Waals surface area (Å²) >= 11 is 0. The number of hydrogen-bond acceptors (Lipinski definition) is 3. The Labute approximate surface area is 115 Å². The quantitative estimate of drug-likeness (QED) is 0.783. The first kappa shape index (κ1) is 14.3. The van der Waals surface area contributed by atoms with Gasteiger partial charge in [0.25, 0.3) is 0 Å². The summed E-state index contributed by atoms with van der Waals surface area (Å²) in [5.41, 5.74) is -0.293. The predicted molar refractivity (Wildman–Crippen MR) is 73.6 cm³/mol. The van der Waals surface area contributed by atoms with Crippen LogP contribution in [-0.2, 0) is 9.59 Å². The lowest BCUT2D eigenvalue weighted by Crippen LogP contribution is -2.61. The van der Waals surface area contributed by atoms with Crippen LogP contribution in [0.3, 0.4) is 0 Å². The summed E-state index contributed by atoms with van der Waals surface area (Å²) in [4.78, 5) is 26.4. The molecule has 0 aliphatic carbocycles. The lowest BCUT2D eigenvalue weighted by molar-refractivity contribution is -0.152. The van der Waals surface area contributed by atoms with Crippen LogP contribution in [0.15, 0.2) is 0 Å². The van der Waals surface area contributed by atoms with Crippen molar-refractivity contribution in [3.63, 3.8) is 0 Å². The molecule has 2 aliphatic heterocycles. The third kappa shape index (κ3) is 2.76. The Hall–Kier alpha value is -1.10. The van der Waals surface area contributed by atoms with Crippen LogP contribution in [0.5, 0.6) is 0 Å². The third-order valence-electron chi connectivity index (χ3n) is 4.41. The van der Waals surface area contributed by atoms with E-state index in [0.29, 0.717) is 13.1 Å². The van der Waals surface area contributed by atoms with Crippen LogP contribution in [0.4, 0.5) is 0 Å². The van der Waals surface area contributed by atoms with E-state index in [1.165, 1.54) is 0 Å². The molecule has 2 amide bonds. The molecule has 108 valence electrons. The molecule has 5 heteroatoms. The number of nitrogens with one attached hydrogen (secondary N) is 2. The number of hydrogen-bond donors (Lipinski definition) is 2. The Morgan fingerprint density at radius 1 is 1.47 bits per heavy atom. The molecule has 0 radical (unpaired) electrons. The lowest BCUT2D eigenvalue weighted by atomic mass is 9.75. The normalized spacial score (nSPS) is 32.0. The minimum atomic E-state index is -0.336. The molecular weight excluding hydrogens is 242 g/mol. The Kier molecular flexibility index (Phi) is 4.45. The Balaban J connectivity index is 2.16. The van der Waals surface area contributed by atoms with Gasteiger partial charge in [-0.25, -0.2) is 0 Å². The lowest BCUT2D eigenvalue weighted by Gasteiger charge is -2.43.